The van der Waals surface area contributed by atoms with E-state index in [0.717, 1.165) is 17.7 Å². The fraction of sp³-hybridized carbons (Fsp3) is 0.250. The highest BCUT2D eigenvalue weighted by atomic mass is 19.4. The first-order chi connectivity index (χ1) is 10.7. The van der Waals surface area contributed by atoms with Crippen LogP contribution in [0.2, 0.25) is 0 Å². The predicted octanol–water partition coefficient (Wildman–Crippen LogP) is 3.52. The molecule has 0 spiro atoms. The Morgan fingerprint density at radius 3 is 2.22 bits per heavy atom. The molecule has 1 aromatic heterocycles. The predicted molar refractivity (Wildman–Crippen MR) is 85.4 cm³/mol. The molecule has 2 aromatic rings. The molecule has 0 amide bonds. The molecule has 0 fully saturated rings. The van der Waals surface area contributed by atoms with Gasteiger partial charge in [0.05, 0.1) is 17.0 Å². The van der Waals surface area contributed by atoms with Crippen LogP contribution in [0.1, 0.15) is 18.1 Å². The van der Waals surface area contributed by atoms with Gasteiger partial charge in [-0.25, -0.2) is 4.98 Å². The molecular weight excluding hydrogens is 305 g/mol. The Labute approximate surface area is 132 Å². The van der Waals surface area contributed by atoms with E-state index in [1.165, 1.54) is 0 Å². The van der Waals surface area contributed by atoms with Crippen molar-refractivity contribution in [3.63, 3.8) is 0 Å². The first-order valence-corrected chi connectivity index (χ1v) is 6.84. The Hall–Kier alpha value is -2.57. The van der Waals surface area contributed by atoms with Crippen LogP contribution >= 0.6 is 0 Å². The average molecular weight is 322 g/mol. The molecule has 122 valence electrons. The van der Waals surface area contributed by atoms with Gasteiger partial charge in [0.1, 0.15) is 5.82 Å². The van der Waals surface area contributed by atoms with E-state index in [0.29, 0.717) is 11.3 Å². The van der Waals surface area contributed by atoms with E-state index >= 15 is 0 Å². The molecule has 4 nitrogen and oxygen atoms in total. The third kappa shape index (κ3) is 3.80. The number of pyridine rings is 1. The number of hydrazone groups is 1. The number of nitrogens with two attached hydrogens (primary N) is 1. The van der Waals surface area contributed by atoms with Gasteiger partial charge in [-0.3, -0.25) is 0 Å². The lowest BCUT2D eigenvalue weighted by molar-refractivity contribution is -0.137. The summed E-state index contributed by atoms with van der Waals surface area (Å²) >= 11 is 0. The lowest BCUT2D eigenvalue weighted by Crippen LogP contribution is -2.14. The van der Waals surface area contributed by atoms with Gasteiger partial charge in [0, 0.05) is 19.7 Å². The number of nitrogens with zero attached hydrogens (tertiary/aromatic N) is 3. The van der Waals surface area contributed by atoms with E-state index in [9.17, 15) is 13.2 Å². The van der Waals surface area contributed by atoms with Crippen LogP contribution in [0.4, 0.5) is 19.0 Å². The summed E-state index contributed by atoms with van der Waals surface area (Å²) in [6.45, 7) is 1.75. The molecule has 0 aliphatic carbocycles. The fourth-order valence-electron chi connectivity index (χ4n) is 2.01. The first-order valence-electron chi connectivity index (χ1n) is 6.84. The molecule has 0 bridgehead atoms. The van der Waals surface area contributed by atoms with Crippen molar-refractivity contribution in [3.05, 3.63) is 47.5 Å². The minimum atomic E-state index is -4.43. The minimum absolute atomic E-state index is 0.249. The van der Waals surface area contributed by atoms with Crippen LogP contribution in [-0.4, -0.2) is 24.8 Å². The maximum atomic E-state index is 13.1. The number of benzene rings is 1. The van der Waals surface area contributed by atoms with Crippen molar-refractivity contribution in [2.75, 3.05) is 19.0 Å². The summed E-state index contributed by atoms with van der Waals surface area (Å²) in [4.78, 5) is 5.82. The minimum Gasteiger partial charge on any atom is -0.363 e. The van der Waals surface area contributed by atoms with Gasteiger partial charge in [-0.1, -0.05) is 24.3 Å². The molecule has 0 unspecified atom stereocenters. The second-order valence-corrected chi connectivity index (χ2v) is 5.28. The van der Waals surface area contributed by atoms with Crippen LogP contribution < -0.4 is 10.7 Å². The van der Waals surface area contributed by atoms with Crippen LogP contribution in [0.25, 0.3) is 11.3 Å². The summed E-state index contributed by atoms with van der Waals surface area (Å²) in [5.74, 6) is 5.47. The third-order valence-corrected chi connectivity index (χ3v) is 3.39. The van der Waals surface area contributed by atoms with Gasteiger partial charge in [-0.15, -0.1) is 0 Å². The number of aromatic nitrogens is 1. The highest BCUT2D eigenvalue weighted by Gasteiger charge is 2.32. The Balaban J connectivity index is 2.52. The van der Waals surface area contributed by atoms with E-state index < -0.39 is 11.7 Å². The van der Waals surface area contributed by atoms with Gasteiger partial charge in [-0.05, 0) is 24.6 Å². The van der Waals surface area contributed by atoms with Gasteiger partial charge >= 0.3 is 6.18 Å². The molecule has 23 heavy (non-hydrogen) atoms. The lowest BCUT2D eigenvalue weighted by Gasteiger charge is -2.16. The number of anilines is 1. The molecule has 0 saturated carbocycles. The van der Waals surface area contributed by atoms with Gasteiger partial charge in [0.25, 0.3) is 0 Å². The molecule has 0 aliphatic heterocycles. The zero-order valence-corrected chi connectivity index (χ0v) is 13.0. The van der Waals surface area contributed by atoms with E-state index in [2.05, 4.69) is 10.1 Å². The van der Waals surface area contributed by atoms with Crippen molar-refractivity contribution < 1.29 is 13.2 Å². The molecule has 0 radical (unpaired) electrons. The van der Waals surface area contributed by atoms with Crippen LogP contribution in [0.3, 0.4) is 0 Å². The summed E-state index contributed by atoms with van der Waals surface area (Å²) in [5, 5.41) is 3.59. The van der Waals surface area contributed by atoms with Crippen molar-refractivity contribution in [2.24, 2.45) is 10.9 Å². The standard InChI is InChI=1S/C16H17F3N4/c1-10(22-20)11-4-6-12(7-5-11)14-8-13(16(17,18)19)9-15(21-14)23(2)3/h4-9H,20H2,1-3H3. The SMILES string of the molecule is CC(=NN)c1ccc(-c2cc(C(F)(F)F)cc(N(C)C)n2)cc1. The van der Waals surface area contributed by atoms with Crippen molar-refractivity contribution in [1.82, 2.24) is 4.98 Å². The third-order valence-electron chi connectivity index (χ3n) is 3.39. The second kappa shape index (κ2) is 6.28. The van der Waals surface area contributed by atoms with Gasteiger partial charge in [0.2, 0.25) is 0 Å². The molecule has 0 atom stereocenters. The summed E-state index contributed by atoms with van der Waals surface area (Å²) < 4.78 is 39.2. The molecular formula is C16H17F3N4. The first kappa shape index (κ1) is 16.8. The highest BCUT2D eigenvalue weighted by molar-refractivity contribution is 5.98. The van der Waals surface area contributed by atoms with Crippen molar-refractivity contribution >= 4 is 11.5 Å². The van der Waals surface area contributed by atoms with Crippen LogP contribution in [0.15, 0.2) is 41.5 Å². The van der Waals surface area contributed by atoms with E-state index in [1.54, 1.807) is 50.2 Å². The van der Waals surface area contributed by atoms with E-state index in [4.69, 9.17) is 5.84 Å². The fourth-order valence-corrected chi connectivity index (χ4v) is 2.01. The van der Waals surface area contributed by atoms with Crippen LogP contribution in [0.5, 0.6) is 0 Å². The zero-order chi connectivity index (χ0) is 17.2. The Morgan fingerprint density at radius 2 is 1.74 bits per heavy atom. The molecule has 0 aliphatic rings. The molecule has 0 saturated heterocycles. The van der Waals surface area contributed by atoms with Crippen molar-refractivity contribution in [1.29, 1.82) is 0 Å². The molecule has 1 aromatic carbocycles. The van der Waals surface area contributed by atoms with E-state index in [1.807, 2.05) is 0 Å². The number of alkyl halides is 3. The van der Waals surface area contributed by atoms with Gasteiger partial charge in [0.15, 0.2) is 0 Å². The summed E-state index contributed by atoms with van der Waals surface area (Å²) in [5.41, 5.74) is 1.57. The Bertz CT molecular complexity index is 719. The summed E-state index contributed by atoms with van der Waals surface area (Å²) in [6, 6.07) is 8.98. The zero-order valence-electron chi connectivity index (χ0n) is 13.0. The normalized spacial score (nSPS) is 12.3. The summed E-state index contributed by atoms with van der Waals surface area (Å²) in [6.07, 6.45) is -4.43. The van der Waals surface area contributed by atoms with Gasteiger partial charge in [-0.2, -0.15) is 18.3 Å². The molecule has 7 heteroatoms. The van der Waals surface area contributed by atoms with Crippen molar-refractivity contribution in [3.8, 4) is 11.3 Å². The lowest BCUT2D eigenvalue weighted by atomic mass is 10.0. The number of rotatable bonds is 3. The topological polar surface area (TPSA) is 54.5 Å². The quantitative estimate of drug-likeness (QED) is 0.534. The number of hydrogen-bond donors (Lipinski definition) is 1. The maximum absolute atomic E-state index is 13.1. The second-order valence-electron chi connectivity index (χ2n) is 5.28. The Morgan fingerprint density at radius 1 is 1.13 bits per heavy atom. The van der Waals surface area contributed by atoms with Crippen LogP contribution in [0, 0.1) is 0 Å². The molecule has 2 N–H and O–H groups in total. The van der Waals surface area contributed by atoms with Gasteiger partial charge < -0.3 is 10.7 Å². The summed E-state index contributed by atoms with van der Waals surface area (Å²) in [7, 11) is 3.30. The molecule has 2 rings (SSSR count). The van der Waals surface area contributed by atoms with E-state index in [-0.39, 0.29) is 11.5 Å². The monoisotopic (exact) mass is 322 g/mol. The molecule has 1 heterocycles. The number of halogens is 3. The maximum Gasteiger partial charge on any atom is 0.416 e. The largest absolute Gasteiger partial charge is 0.416 e. The van der Waals surface area contributed by atoms with Crippen LogP contribution in [-0.2, 0) is 6.18 Å². The van der Waals surface area contributed by atoms with Crippen molar-refractivity contribution in [2.45, 2.75) is 13.1 Å². The average Bonchev–Trinajstić information content (AvgIpc) is 2.53. The number of hydrogen-bond acceptors (Lipinski definition) is 4. The smallest absolute Gasteiger partial charge is 0.363 e. The Kier molecular flexibility index (Phi) is 4.58. The highest BCUT2D eigenvalue weighted by Crippen LogP contribution is 2.33.